The summed E-state index contributed by atoms with van der Waals surface area (Å²) in [6.45, 7) is 1.83. The summed E-state index contributed by atoms with van der Waals surface area (Å²) >= 11 is 0. The minimum absolute atomic E-state index is 0.113. The van der Waals surface area contributed by atoms with Gasteiger partial charge in [-0.2, -0.15) is 4.31 Å². The van der Waals surface area contributed by atoms with E-state index in [1.807, 2.05) is 0 Å². The van der Waals surface area contributed by atoms with Crippen LogP contribution in [0.5, 0.6) is 0 Å². The lowest BCUT2D eigenvalue weighted by Gasteiger charge is -2.31. The lowest BCUT2D eigenvalue weighted by atomic mass is 9.97. The van der Waals surface area contributed by atoms with Gasteiger partial charge in [0.05, 0.1) is 6.42 Å². The Morgan fingerprint density at radius 3 is 2.48 bits per heavy atom. The zero-order valence-corrected chi connectivity index (χ0v) is 14.6. The molecule has 2 N–H and O–H groups in total. The molecule has 0 bridgehead atoms. The number of aliphatic carboxylic acids is 1. The predicted octanol–water partition coefficient (Wildman–Crippen LogP) is 1.21. The number of carboxylic acid groups (broad SMARTS) is 1. The van der Waals surface area contributed by atoms with Crippen LogP contribution >= 0.6 is 0 Å². The number of benzene rings is 1. The molecule has 0 aliphatic carbocycles. The van der Waals surface area contributed by atoms with Gasteiger partial charge in [-0.3, -0.25) is 9.59 Å². The Bertz CT molecular complexity index is 745. The van der Waals surface area contributed by atoms with Gasteiger partial charge in [0.15, 0.2) is 0 Å². The summed E-state index contributed by atoms with van der Waals surface area (Å²) in [5.41, 5.74) is 0. The molecule has 1 heterocycles. The van der Waals surface area contributed by atoms with Crippen molar-refractivity contribution < 1.29 is 27.5 Å². The molecule has 2 rings (SSSR count). The zero-order valence-electron chi connectivity index (χ0n) is 13.8. The number of carboxylic acids is 1. The van der Waals surface area contributed by atoms with Crippen LogP contribution in [-0.2, 0) is 19.6 Å². The number of nitrogens with zero attached hydrogens (tertiary/aromatic N) is 1. The van der Waals surface area contributed by atoms with Gasteiger partial charge in [0, 0.05) is 25.0 Å². The minimum atomic E-state index is -3.93. The van der Waals surface area contributed by atoms with Gasteiger partial charge >= 0.3 is 5.97 Å². The molecule has 9 heteroatoms. The molecule has 1 aliphatic rings. The minimum Gasteiger partial charge on any atom is -0.481 e. The van der Waals surface area contributed by atoms with Crippen molar-refractivity contribution >= 4 is 21.9 Å². The summed E-state index contributed by atoms with van der Waals surface area (Å²) in [7, 11) is -3.93. The van der Waals surface area contributed by atoms with Gasteiger partial charge in [0.25, 0.3) is 0 Å². The molecule has 1 aliphatic heterocycles. The van der Waals surface area contributed by atoms with Crippen LogP contribution in [0.1, 0.15) is 26.2 Å². The molecule has 1 amide bonds. The van der Waals surface area contributed by atoms with Crippen molar-refractivity contribution in [1.29, 1.82) is 0 Å². The summed E-state index contributed by atoms with van der Waals surface area (Å²) in [4.78, 5) is 22.4. The first-order valence-electron chi connectivity index (χ1n) is 7.98. The fourth-order valence-corrected chi connectivity index (χ4v) is 4.36. The molecule has 1 saturated heterocycles. The molecule has 138 valence electrons. The van der Waals surface area contributed by atoms with Crippen molar-refractivity contribution in [2.75, 3.05) is 13.1 Å². The van der Waals surface area contributed by atoms with E-state index in [-0.39, 0.29) is 36.2 Å². The van der Waals surface area contributed by atoms with E-state index in [0.717, 1.165) is 6.07 Å². The number of rotatable bonds is 6. The third-order valence-corrected chi connectivity index (χ3v) is 6.08. The molecular weight excluding hydrogens is 351 g/mol. The van der Waals surface area contributed by atoms with E-state index in [9.17, 15) is 22.4 Å². The first-order valence-corrected chi connectivity index (χ1v) is 9.42. The standard InChI is InChI=1S/C16H21FN2O5S/c1-11(10-15(20)21)18-16(22)12-6-8-19(9-7-12)25(23,24)14-5-3-2-4-13(14)17/h2-5,11-12H,6-10H2,1H3,(H,18,22)(H,20,21). The average molecular weight is 372 g/mol. The summed E-state index contributed by atoms with van der Waals surface area (Å²) in [5.74, 6) is -2.47. The Morgan fingerprint density at radius 2 is 1.92 bits per heavy atom. The maximum Gasteiger partial charge on any atom is 0.305 e. The number of carbonyl (C=O) groups excluding carboxylic acids is 1. The maximum absolute atomic E-state index is 13.8. The summed E-state index contributed by atoms with van der Waals surface area (Å²) in [6.07, 6.45) is 0.435. The van der Waals surface area contributed by atoms with Crippen molar-refractivity contribution in [3.05, 3.63) is 30.1 Å². The van der Waals surface area contributed by atoms with E-state index in [0.29, 0.717) is 12.8 Å². The normalized spacial score (nSPS) is 17.8. The number of sulfonamides is 1. The predicted molar refractivity (Wildman–Crippen MR) is 87.7 cm³/mol. The largest absolute Gasteiger partial charge is 0.481 e. The molecule has 1 fully saturated rings. The van der Waals surface area contributed by atoms with Gasteiger partial charge in [0.2, 0.25) is 15.9 Å². The SMILES string of the molecule is CC(CC(=O)O)NC(=O)C1CCN(S(=O)(=O)c2ccccc2F)CC1. The second-order valence-electron chi connectivity index (χ2n) is 6.12. The molecular formula is C16H21FN2O5S. The number of piperidine rings is 1. The van der Waals surface area contributed by atoms with E-state index in [1.165, 1.54) is 22.5 Å². The number of nitrogens with one attached hydrogen (secondary N) is 1. The topological polar surface area (TPSA) is 104 Å². The van der Waals surface area contributed by atoms with Gasteiger partial charge in [-0.1, -0.05) is 12.1 Å². The smallest absolute Gasteiger partial charge is 0.305 e. The number of hydrogen-bond acceptors (Lipinski definition) is 4. The molecule has 1 atom stereocenters. The lowest BCUT2D eigenvalue weighted by Crippen LogP contribution is -2.45. The Balaban J connectivity index is 1.96. The van der Waals surface area contributed by atoms with E-state index < -0.39 is 27.9 Å². The van der Waals surface area contributed by atoms with Gasteiger partial charge < -0.3 is 10.4 Å². The fraction of sp³-hybridized carbons (Fsp3) is 0.500. The highest BCUT2D eigenvalue weighted by Gasteiger charge is 2.33. The number of hydrogen-bond donors (Lipinski definition) is 2. The van der Waals surface area contributed by atoms with Gasteiger partial charge in [-0.05, 0) is 31.9 Å². The third kappa shape index (κ3) is 4.76. The van der Waals surface area contributed by atoms with Crippen LogP contribution in [-0.4, -0.2) is 48.8 Å². The van der Waals surface area contributed by atoms with Crippen molar-refractivity contribution in [3.8, 4) is 0 Å². The molecule has 7 nitrogen and oxygen atoms in total. The molecule has 0 aromatic heterocycles. The van der Waals surface area contributed by atoms with Crippen molar-refractivity contribution in [3.63, 3.8) is 0 Å². The molecule has 25 heavy (non-hydrogen) atoms. The fourth-order valence-electron chi connectivity index (χ4n) is 2.83. The van der Waals surface area contributed by atoms with E-state index >= 15 is 0 Å². The monoisotopic (exact) mass is 372 g/mol. The quantitative estimate of drug-likeness (QED) is 0.781. The Kier molecular flexibility index (Phi) is 6.12. The highest BCUT2D eigenvalue weighted by molar-refractivity contribution is 7.89. The molecule has 1 aromatic carbocycles. The van der Waals surface area contributed by atoms with E-state index in [1.54, 1.807) is 6.92 Å². The van der Waals surface area contributed by atoms with Crippen LogP contribution in [0, 0.1) is 11.7 Å². The van der Waals surface area contributed by atoms with Crippen LogP contribution in [0.2, 0.25) is 0 Å². The van der Waals surface area contributed by atoms with Crippen LogP contribution < -0.4 is 5.32 Å². The first kappa shape index (κ1) is 19.3. The highest BCUT2D eigenvalue weighted by atomic mass is 32.2. The van der Waals surface area contributed by atoms with Crippen LogP contribution in [0.15, 0.2) is 29.2 Å². The Labute approximate surface area is 145 Å². The summed E-state index contributed by atoms with van der Waals surface area (Å²) in [5, 5.41) is 11.3. The second-order valence-corrected chi connectivity index (χ2v) is 8.02. The van der Waals surface area contributed by atoms with Crippen molar-refractivity contribution in [1.82, 2.24) is 9.62 Å². The zero-order chi connectivity index (χ0) is 18.6. The molecule has 1 aromatic rings. The maximum atomic E-state index is 13.8. The van der Waals surface area contributed by atoms with Gasteiger partial charge in [0.1, 0.15) is 10.7 Å². The number of carbonyl (C=O) groups is 2. The molecule has 0 saturated carbocycles. The first-order chi connectivity index (χ1) is 11.7. The Morgan fingerprint density at radius 1 is 1.32 bits per heavy atom. The lowest BCUT2D eigenvalue weighted by molar-refractivity contribution is -0.137. The highest BCUT2D eigenvalue weighted by Crippen LogP contribution is 2.25. The summed E-state index contributed by atoms with van der Waals surface area (Å²) < 4.78 is 40.0. The average Bonchev–Trinajstić information content (AvgIpc) is 2.54. The number of amides is 1. The van der Waals surface area contributed by atoms with Crippen molar-refractivity contribution in [2.45, 2.75) is 37.1 Å². The van der Waals surface area contributed by atoms with Crippen LogP contribution in [0.3, 0.4) is 0 Å². The Hall–Kier alpha value is -2.00. The third-order valence-electron chi connectivity index (χ3n) is 4.15. The van der Waals surface area contributed by atoms with Gasteiger partial charge in [-0.15, -0.1) is 0 Å². The molecule has 1 unspecified atom stereocenters. The molecule has 0 radical (unpaired) electrons. The van der Waals surface area contributed by atoms with E-state index in [2.05, 4.69) is 5.32 Å². The van der Waals surface area contributed by atoms with Crippen LogP contribution in [0.25, 0.3) is 0 Å². The van der Waals surface area contributed by atoms with E-state index in [4.69, 9.17) is 5.11 Å². The molecule has 0 spiro atoms. The second kappa shape index (κ2) is 7.92. The number of halogens is 1. The van der Waals surface area contributed by atoms with Crippen LogP contribution in [0.4, 0.5) is 4.39 Å². The summed E-state index contributed by atoms with van der Waals surface area (Å²) in [6, 6.07) is 4.70. The van der Waals surface area contributed by atoms with Crippen molar-refractivity contribution in [2.24, 2.45) is 5.92 Å². The van der Waals surface area contributed by atoms with Gasteiger partial charge in [-0.25, -0.2) is 12.8 Å².